The van der Waals surface area contributed by atoms with E-state index in [-0.39, 0.29) is 0 Å². The van der Waals surface area contributed by atoms with Gasteiger partial charge in [0.2, 0.25) is 0 Å². The number of unbranched alkanes of at least 4 members (excludes halogenated alkanes) is 1. The third-order valence-corrected chi connectivity index (χ3v) is 2.88. The molecule has 0 aromatic heterocycles. The lowest BCUT2D eigenvalue weighted by Crippen LogP contribution is -2.42. The van der Waals surface area contributed by atoms with Gasteiger partial charge in [-0.2, -0.15) is 5.26 Å². The van der Waals surface area contributed by atoms with Crippen molar-refractivity contribution >= 4 is 0 Å². The van der Waals surface area contributed by atoms with Gasteiger partial charge in [0.25, 0.3) is 0 Å². The maximum atomic E-state index is 8.42. The average molecular weight is 180 g/mol. The molecular formula is C10H16N2O. The van der Waals surface area contributed by atoms with E-state index in [0.29, 0.717) is 18.6 Å². The van der Waals surface area contributed by atoms with Crippen molar-refractivity contribution in [3.05, 3.63) is 0 Å². The molecule has 0 aliphatic carbocycles. The smallest absolute Gasteiger partial charge is 0.0707 e. The lowest BCUT2D eigenvalue weighted by atomic mass is 10.2. The van der Waals surface area contributed by atoms with Gasteiger partial charge in [-0.3, -0.25) is 4.90 Å². The van der Waals surface area contributed by atoms with Crippen molar-refractivity contribution in [1.82, 2.24) is 4.90 Å². The van der Waals surface area contributed by atoms with Crippen LogP contribution in [0.1, 0.15) is 25.7 Å². The summed E-state index contributed by atoms with van der Waals surface area (Å²) < 4.78 is 5.73. The Kier molecular flexibility index (Phi) is 2.82. The number of hydrogen-bond donors (Lipinski definition) is 0. The molecule has 3 heteroatoms. The largest absolute Gasteiger partial charge is 0.372 e. The third-order valence-electron chi connectivity index (χ3n) is 2.88. The fourth-order valence-electron chi connectivity index (χ4n) is 2.26. The van der Waals surface area contributed by atoms with Crippen LogP contribution in [0.15, 0.2) is 0 Å². The summed E-state index contributed by atoms with van der Waals surface area (Å²) in [5.74, 6) is 0. The molecular weight excluding hydrogens is 164 g/mol. The molecule has 0 saturated carbocycles. The Hall–Kier alpha value is -0.590. The van der Waals surface area contributed by atoms with Crippen molar-refractivity contribution in [2.24, 2.45) is 0 Å². The molecule has 13 heavy (non-hydrogen) atoms. The molecule has 0 radical (unpaired) electrons. The maximum absolute atomic E-state index is 8.42. The van der Waals surface area contributed by atoms with Crippen molar-refractivity contribution in [1.29, 1.82) is 5.26 Å². The molecule has 0 aromatic carbocycles. The van der Waals surface area contributed by atoms with Gasteiger partial charge in [-0.1, -0.05) is 0 Å². The fourth-order valence-corrected chi connectivity index (χ4v) is 2.26. The Morgan fingerprint density at radius 2 is 2.00 bits per heavy atom. The second-order valence-electron chi connectivity index (χ2n) is 3.98. The Labute approximate surface area is 79.3 Å². The van der Waals surface area contributed by atoms with Crippen molar-refractivity contribution in [2.45, 2.75) is 37.9 Å². The Bertz CT molecular complexity index is 199. The Balaban J connectivity index is 1.73. The zero-order valence-electron chi connectivity index (χ0n) is 7.91. The molecule has 2 aliphatic rings. The van der Waals surface area contributed by atoms with Gasteiger partial charge in [-0.15, -0.1) is 0 Å². The summed E-state index contributed by atoms with van der Waals surface area (Å²) in [7, 11) is 0. The molecule has 0 aromatic rings. The van der Waals surface area contributed by atoms with Crippen LogP contribution in [0, 0.1) is 11.3 Å². The SMILES string of the molecule is N#CCCCN1CC2CCC(C1)O2. The van der Waals surface area contributed by atoms with Crippen LogP contribution in [0.3, 0.4) is 0 Å². The zero-order valence-corrected chi connectivity index (χ0v) is 7.91. The molecule has 2 atom stereocenters. The van der Waals surface area contributed by atoms with Gasteiger partial charge in [0.1, 0.15) is 0 Å². The molecule has 72 valence electrons. The van der Waals surface area contributed by atoms with Gasteiger partial charge in [-0.25, -0.2) is 0 Å². The van der Waals surface area contributed by atoms with Crippen molar-refractivity contribution in [3.63, 3.8) is 0 Å². The molecule has 2 aliphatic heterocycles. The second-order valence-corrected chi connectivity index (χ2v) is 3.98. The topological polar surface area (TPSA) is 36.3 Å². The first-order chi connectivity index (χ1) is 6.38. The van der Waals surface area contributed by atoms with E-state index in [4.69, 9.17) is 10.00 Å². The van der Waals surface area contributed by atoms with E-state index in [1.165, 1.54) is 12.8 Å². The van der Waals surface area contributed by atoms with Crippen LogP contribution in [-0.4, -0.2) is 36.7 Å². The summed E-state index contributed by atoms with van der Waals surface area (Å²) in [4.78, 5) is 2.45. The predicted molar refractivity (Wildman–Crippen MR) is 49.2 cm³/mol. The number of morpholine rings is 1. The van der Waals surface area contributed by atoms with E-state index in [1.807, 2.05) is 0 Å². The molecule has 0 amide bonds. The van der Waals surface area contributed by atoms with E-state index < -0.39 is 0 Å². The molecule has 2 heterocycles. The number of nitriles is 1. The van der Waals surface area contributed by atoms with Crippen LogP contribution in [-0.2, 0) is 4.74 Å². The van der Waals surface area contributed by atoms with Crippen LogP contribution in [0.25, 0.3) is 0 Å². The second kappa shape index (κ2) is 4.08. The first kappa shape index (κ1) is 8.98. The van der Waals surface area contributed by atoms with Crippen molar-refractivity contribution in [3.8, 4) is 6.07 Å². The van der Waals surface area contributed by atoms with Gasteiger partial charge in [0.15, 0.2) is 0 Å². The van der Waals surface area contributed by atoms with Crippen LogP contribution in [0.5, 0.6) is 0 Å². The zero-order chi connectivity index (χ0) is 9.10. The molecule has 2 unspecified atom stereocenters. The quantitative estimate of drug-likeness (QED) is 0.611. The highest BCUT2D eigenvalue weighted by molar-refractivity contribution is 4.85. The monoisotopic (exact) mass is 180 g/mol. The van der Waals surface area contributed by atoms with Gasteiger partial charge in [0.05, 0.1) is 18.3 Å². The summed E-state index contributed by atoms with van der Waals surface area (Å²) in [5.41, 5.74) is 0. The van der Waals surface area contributed by atoms with E-state index in [1.54, 1.807) is 0 Å². The average Bonchev–Trinajstić information content (AvgIpc) is 2.46. The standard InChI is InChI=1S/C10H16N2O/c11-5-1-2-6-12-7-9-3-4-10(8-12)13-9/h9-10H,1-4,6-8H2. The highest BCUT2D eigenvalue weighted by Gasteiger charge is 2.32. The summed E-state index contributed by atoms with van der Waals surface area (Å²) in [6, 6.07) is 2.19. The molecule has 2 bridgehead atoms. The van der Waals surface area contributed by atoms with Crippen molar-refractivity contribution < 1.29 is 4.74 Å². The first-order valence-electron chi connectivity index (χ1n) is 5.13. The molecule has 0 spiro atoms. The normalized spacial score (nSPS) is 33.2. The third kappa shape index (κ3) is 2.20. The molecule has 2 rings (SSSR count). The Morgan fingerprint density at radius 1 is 1.31 bits per heavy atom. The number of nitrogens with zero attached hydrogens (tertiary/aromatic N) is 2. The highest BCUT2D eigenvalue weighted by Crippen LogP contribution is 2.26. The number of fused-ring (bicyclic) bond motifs is 2. The summed E-state index contributed by atoms with van der Waals surface area (Å²) in [6.45, 7) is 3.24. The Morgan fingerprint density at radius 3 is 2.62 bits per heavy atom. The maximum Gasteiger partial charge on any atom is 0.0707 e. The van der Waals surface area contributed by atoms with E-state index in [9.17, 15) is 0 Å². The van der Waals surface area contributed by atoms with Crippen LogP contribution < -0.4 is 0 Å². The molecule has 2 fully saturated rings. The van der Waals surface area contributed by atoms with E-state index in [0.717, 1.165) is 26.1 Å². The van der Waals surface area contributed by atoms with Crippen LogP contribution in [0.2, 0.25) is 0 Å². The van der Waals surface area contributed by atoms with Gasteiger partial charge < -0.3 is 4.74 Å². The number of likely N-dealkylation sites (tertiary alicyclic amines) is 1. The fraction of sp³-hybridized carbons (Fsp3) is 0.900. The first-order valence-corrected chi connectivity index (χ1v) is 5.13. The minimum Gasteiger partial charge on any atom is -0.372 e. The molecule has 3 nitrogen and oxygen atoms in total. The van der Waals surface area contributed by atoms with Crippen molar-refractivity contribution in [2.75, 3.05) is 19.6 Å². The van der Waals surface area contributed by atoms with Gasteiger partial charge in [0, 0.05) is 19.5 Å². The molecule has 2 saturated heterocycles. The summed E-state index contributed by atoms with van der Waals surface area (Å²) >= 11 is 0. The number of ether oxygens (including phenoxy) is 1. The highest BCUT2D eigenvalue weighted by atomic mass is 16.5. The van der Waals surface area contributed by atoms with E-state index in [2.05, 4.69) is 11.0 Å². The lowest BCUT2D eigenvalue weighted by molar-refractivity contribution is -0.0382. The van der Waals surface area contributed by atoms with Crippen LogP contribution >= 0.6 is 0 Å². The number of hydrogen-bond acceptors (Lipinski definition) is 3. The van der Waals surface area contributed by atoms with Crippen LogP contribution in [0.4, 0.5) is 0 Å². The van der Waals surface area contributed by atoms with Gasteiger partial charge in [-0.05, 0) is 25.8 Å². The minimum atomic E-state index is 0.487. The number of rotatable bonds is 3. The van der Waals surface area contributed by atoms with E-state index >= 15 is 0 Å². The lowest BCUT2D eigenvalue weighted by Gasteiger charge is -2.31. The minimum absolute atomic E-state index is 0.487. The molecule has 0 N–H and O–H groups in total. The predicted octanol–water partition coefficient (Wildman–Crippen LogP) is 1.15. The summed E-state index contributed by atoms with van der Waals surface area (Å²) in [5, 5.41) is 8.42. The van der Waals surface area contributed by atoms with Gasteiger partial charge >= 0.3 is 0 Å². The summed E-state index contributed by atoms with van der Waals surface area (Å²) in [6.07, 6.45) is 5.14.